The number of carbonyl (C=O) groups is 1. The van der Waals surface area contributed by atoms with Crippen LogP contribution >= 0.6 is 0 Å². The molecular weight excluding hydrogens is 370 g/mol. The zero-order valence-electron chi connectivity index (χ0n) is 15.9. The number of halogens is 2. The molecular formula is C20H22F2N2O4. The number of ether oxygens (including phenoxy) is 2. The first-order valence-electron chi connectivity index (χ1n) is 8.92. The number of nitrogens with zero attached hydrogens (tertiary/aromatic N) is 2. The molecule has 1 aliphatic heterocycles. The molecule has 2 heterocycles. The average Bonchev–Trinajstić information content (AvgIpc) is 2.94. The Labute approximate surface area is 161 Å². The van der Waals surface area contributed by atoms with Gasteiger partial charge in [-0.05, 0) is 19.1 Å². The standard InChI is InChI=1S/C20H22F2N2O4/c1-12-14(19-15(21)9-13(28-3)10-16(19)22)11-18(25)24(12)17-5-4-6-23(20(17)26)7-8-27-2/h4-6,9-10,12,14H,7-8,11H2,1-3H3/t12-,14-/m0/s1. The van der Waals surface area contributed by atoms with Gasteiger partial charge in [0.15, 0.2) is 0 Å². The number of benzene rings is 1. The molecule has 6 nitrogen and oxygen atoms in total. The highest BCUT2D eigenvalue weighted by Gasteiger charge is 2.42. The zero-order chi connectivity index (χ0) is 20.4. The van der Waals surface area contributed by atoms with Crippen molar-refractivity contribution in [2.45, 2.75) is 31.8 Å². The van der Waals surface area contributed by atoms with Crippen LogP contribution in [0.5, 0.6) is 5.75 Å². The summed E-state index contributed by atoms with van der Waals surface area (Å²) in [6.07, 6.45) is 1.52. The SMILES string of the molecule is COCCn1cccc(N2C(=O)C[C@H](c3c(F)cc(OC)cc3F)[C@@H]2C)c1=O. The number of pyridine rings is 1. The summed E-state index contributed by atoms with van der Waals surface area (Å²) < 4.78 is 40.4. The minimum atomic E-state index is -0.770. The number of aromatic nitrogens is 1. The lowest BCUT2D eigenvalue weighted by Crippen LogP contribution is -2.38. The Morgan fingerprint density at radius 3 is 2.46 bits per heavy atom. The molecule has 1 aliphatic rings. The molecule has 0 unspecified atom stereocenters. The largest absolute Gasteiger partial charge is 0.497 e. The van der Waals surface area contributed by atoms with E-state index in [0.29, 0.717) is 13.2 Å². The molecule has 2 aromatic rings. The van der Waals surface area contributed by atoms with Gasteiger partial charge in [-0.25, -0.2) is 8.78 Å². The molecule has 0 aliphatic carbocycles. The van der Waals surface area contributed by atoms with Crippen LogP contribution in [0.25, 0.3) is 0 Å². The summed E-state index contributed by atoms with van der Waals surface area (Å²) in [5, 5.41) is 0. The third kappa shape index (κ3) is 3.52. The maximum atomic E-state index is 14.5. The summed E-state index contributed by atoms with van der Waals surface area (Å²) in [5.74, 6) is -2.54. The Morgan fingerprint density at radius 2 is 1.86 bits per heavy atom. The van der Waals surface area contributed by atoms with Crippen LogP contribution in [0.15, 0.2) is 35.3 Å². The molecule has 1 saturated heterocycles. The van der Waals surface area contributed by atoms with Gasteiger partial charge in [0.2, 0.25) is 5.91 Å². The maximum Gasteiger partial charge on any atom is 0.274 e. The number of methoxy groups -OCH3 is 2. The van der Waals surface area contributed by atoms with Gasteiger partial charge in [0.1, 0.15) is 23.1 Å². The minimum Gasteiger partial charge on any atom is -0.497 e. The summed E-state index contributed by atoms with van der Waals surface area (Å²) in [6, 6.07) is 4.81. The third-order valence-electron chi connectivity index (χ3n) is 5.11. The number of amides is 1. The van der Waals surface area contributed by atoms with Crippen LogP contribution in [0.4, 0.5) is 14.5 Å². The fourth-order valence-corrected chi connectivity index (χ4v) is 3.67. The van der Waals surface area contributed by atoms with E-state index in [1.54, 1.807) is 25.3 Å². The Morgan fingerprint density at radius 1 is 1.18 bits per heavy atom. The normalized spacial score (nSPS) is 19.3. The molecule has 2 atom stereocenters. The van der Waals surface area contributed by atoms with E-state index in [0.717, 1.165) is 12.1 Å². The van der Waals surface area contributed by atoms with Crippen LogP contribution in [0, 0.1) is 11.6 Å². The zero-order valence-corrected chi connectivity index (χ0v) is 15.9. The van der Waals surface area contributed by atoms with Crippen molar-refractivity contribution in [2.75, 3.05) is 25.7 Å². The topological polar surface area (TPSA) is 60.8 Å². The molecule has 0 radical (unpaired) electrons. The summed E-state index contributed by atoms with van der Waals surface area (Å²) in [4.78, 5) is 26.8. The van der Waals surface area contributed by atoms with E-state index in [-0.39, 0.29) is 34.9 Å². The highest BCUT2D eigenvalue weighted by atomic mass is 19.1. The van der Waals surface area contributed by atoms with Crippen molar-refractivity contribution in [1.82, 2.24) is 4.57 Å². The van der Waals surface area contributed by atoms with Gasteiger partial charge in [-0.2, -0.15) is 0 Å². The van der Waals surface area contributed by atoms with Crippen molar-refractivity contribution in [3.63, 3.8) is 0 Å². The third-order valence-corrected chi connectivity index (χ3v) is 5.11. The molecule has 8 heteroatoms. The predicted octanol–water partition coefficient (Wildman–Crippen LogP) is 2.69. The number of carbonyl (C=O) groups excluding carboxylic acids is 1. The fraction of sp³-hybridized carbons (Fsp3) is 0.400. The van der Waals surface area contributed by atoms with E-state index < -0.39 is 23.6 Å². The van der Waals surface area contributed by atoms with E-state index in [2.05, 4.69) is 0 Å². The second-order valence-electron chi connectivity index (χ2n) is 6.70. The Bertz CT molecular complexity index is 921. The second kappa shape index (κ2) is 8.10. The Balaban J connectivity index is 1.98. The van der Waals surface area contributed by atoms with Crippen molar-refractivity contribution in [1.29, 1.82) is 0 Å². The lowest BCUT2D eigenvalue weighted by Gasteiger charge is -2.25. The van der Waals surface area contributed by atoms with Crippen molar-refractivity contribution in [2.24, 2.45) is 0 Å². The number of rotatable bonds is 6. The number of hydrogen-bond acceptors (Lipinski definition) is 4. The Kier molecular flexibility index (Phi) is 5.79. The lowest BCUT2D eigenvalue weighted by molar-refractivity contribution is -0.117. The number of hydrogen-bond donors (Lipinski definition) is 0. The molecule has 0 saturated carbocycles. The van der Waals surface area contributed by atoms with Gasteiger partial charge >= 0.3 is 0 Å². The van der Waals surface area contributed by atoms with Crippen molar-refractivity contribution < 1.29 is 23.0 Å². The van der Waals surface area contributed by atoms with Gasteiger partial charge < -0.3 is 18.9 Å². The van der Waals surface area contributed by atoms with Gasteiger partial charge in [-0.1, -0.05) is 0 Å². The minimum absolute atomic E-state index is 0.0664. The molecule has 1 amide bonds. The monoisotopic (exact) mass is 392 g/mol. The summed E-state index contributed by atoms with van der Waals surface area (Å²) >= 11 is 0. The Hall–Kier alpha value is -2.74. The van der Waals surface area contributed by atoms with Gasteiger partial charge in [-0.3, -0.25) is 9.59 Å². The predicted molar refractivity (Wildman–Crippen MR) is 99.8 cm³/mol. The van der Waals surface area contributed by atoms with Crippen LogP contribution in [-0.4, -0.2) is 37.3 Å². The molecule has 0 bridgehead atoms. The fourth-order valence-electron chi connectivity index (χ4n) is 3.67. The van der Waals surface area contributed by atoms with Crippen LogP contribution < -0.4 is 15.2 Å². The first kappa shape index (κ1) is 20.0. The molecule has 28 heavy (non-hydrogen) atoms. The number of anilines is 1. The van der Waals surface area contributed by atoms with Crippen molar-refractivity contribution in [3.8, 4) is 5.75 Å². The van der Waals surface area contributed by atoms with E-state index in [1.807, 2.05) is 0 Å². The van der Waals surface area contributed by atoms with Crippen molar-refractivity contribution in [3.05, 3.63) is 58.0 Å². The second-order valence-corrected chi connectivity index (χ2v) is 6.70. The van der Waals surface area contributed by atoms with Gasteiger partial charge in [-0.15, -0.1) is 0 Å². The van der Waals surface area contributed by atoms with E-state index in [1.165, 1.54) is 23.7 Å². The van der Waals surface area contributed by atoms with Crippen LogP contribution in [0.3, 0.4) is 0 Å². The molecule has 1 aromatic carbocycles. The van der Waals surface area contributed by atoms with E-state index in [9.17, 15) is 18.4 Å². The van der Waals surface area contributed by atoms with Gasteiger partial charge in [0, 0.05) is 55.9 Å². The lowest BCUT2D eigenvalue weighted by atomic mass is 9.91. The molecule has 1 fully saturated rings. The average molecular weight is 392 g/mol. The first-order chi connectivity index (χ1) is 13.4. The van der Waals surface area contributed by atoms with Gasteiger partial charge in [0.25, 0.3) is 5.56 Å². The summed E-state index contributed by atoms with van der Waals surface area (Å²) in [5.41, 5.74) is -0.330. The van der Waals surface area contributed by atoms with Gasteiger partial charge in [0.05, 0.1) is 13.7 Å². The van der Waals surface area contributed by atoms with Crippen LogP contribution in [0.1, 0.15) is 24.8 Å². The highest BCUT2D eigenvalue weighted by molar-refractivity contribution is 5.97. The van der Waals surface area contributed by atoms with Crippen LogP contribution in [-0.2, 0) is 16.1 Å². The first-order valence-corrected chi connectivity index (χ1v) is 8.92. The molecule has 0 N–H and O–H groups in total. The van der Waals surface area contributed by atoms with E-state index >= 15 is 0 Å². The highest BCUT2D eigenvalue weighted by Crippen LogP contribution is 2.39. The smallest absolute Gasteiger partial charge is 0.274 e. The quantitative estimate of drug-likeness (QED) is 0.759. The molecule has 0 spiro atoms. The molecule has 150 valence electrons. The maximum absolute atomic E-state index is 14.5. The van der Waals surface area contributed by atoms with Crippen molar-refractivity contribution >= 4 is 11.6 Å². The van der Waals surface area contributed by atoms with Crippen LogP contribution in [0.2, 0.25) is 0 Å². The summed E-state index contributed by atoms with van der Waals surface area (Å²) in [7, 11) is 2.85. The molecule has 3 rings (SSSR count). The summed E-state index contributed by atoms with van der Waals surface area (Å²) in [6.45, 7) is 2.37. The van der Waals surface area contributed by atoms with E-state index in [4.69, 9.17) is 9.47 Å². The molecule has 1 aromatic heterocycles.